The minimum absolute atomic E-state index is 0.00712. The van der Waals surface area contributed by atoms with Crippen LogP contribution in [0.15, 0.2) is 77.7 Å². The van der Waals surface area contributed by atoms with Gasteiger partial charge in [0.05, 0.1) is 11.4 Å². The first-order valence-corrected chi connectivity index (χ1v) is 14.9. The van der Waals surface area contributed by atoms with E-state index >= 15 is 0 Å². The molecule has 3 aromatic carbocycles. The number of H-pyrrole nitrogens is 1. The first-order chi connectivity index (χ1) is 18.7. The van der Waals surface area contributed by atoms with Crippen LogP contribution in [0.2, 0.25) is 10.0 Å². The number of nitrogens with zero attached hydrogens (tertiary/aromatic N) is 2. The second kappa shape index (κ2) is 11.5. The van der Waals surface area contributed by atoms with Crippen LogP contribution in [0.5, 0.6) is 0 Å². The van der Waals surface area contributed by atoms with Crippen LogP contribution >= 0.6 is 23.2 Å². The number of aromatic amines is 1. The Morgan fingerprint density at radius 2 is 1.49 bits per heavy atom. The summed E-state index contributed by atoms with van der Waals surface area (Å²) in [6.45, 7) is -0.112. The predicted octanol–water partition coefficient (Wildman–Crippen LogP) is 7.27. The van der Waals surface area contributed by atoms with Gasteiger partial charge < -0.3 is 10.1 Å². The smallest absolute Gasteiger partial charge is 0.354 e. The van der Waals surface area contributed by atoms with Crippen LogP contribution in [-0.4, -0.2) is 39.8 Å². The Morgan fingerprint density at radius 1 is 0.897 bits per heavy atom. The molecule has 7 nitrogen and oxygen atoms in total. The molecule has 0 unspecified atom stereocenters. The van der Waals surface area contributed by atoms with Gasteiger partial charge >= 0.3 is 5.97 Å². The number of nitrogens with one attached hydrogen (secondary N) is 1. The molecule has 1 fully saturated rings. The lowest BCUT2D eigenvalue weighted by Crippen LogP contribution is -2.41. The maximum absolute atomic E-state index is 13.9. The Kier molecular flexibility index (Phi) is 8.09. The summed E-state index contributed by atoms with van der Waals surface area (Å²) < 4.78 is 29.1. The number of imidazole rings is 1. The minimum atomic E-state index is -4.01. The maximum Gasteiger partial charge on any atom is 0.354 e. The minimum Gasteiger partial charge on any atom is -0.477 e. The van der Waals surface area contributed by atoms with E-state index < -0.39 is 16.0 Å². The average Bonchev–Trinajstić information content (AvgIpc) is 3.37. The summed E-state index contributed by atoms with van der Waals surface area (Å²) in [5, 5.41) is 10.4. The second-order valence-electron chi connectivity index (χ2n) is 9.60. The lowest BCUT2D eigenvalue weighted by molar-refractivity contribution is 0.0691. The molecule has 202 valence electrons. The van der Waals surface area contributed by atoms with Crippen LogP contribution in [0.3, 0.4) is 0 Å². The molecule has 0 spiro atoms. The second-order valence-corrected chi connectivity index (χ2v) is 12.4. The third-order valence-electron chi connectivity index (χ3n) is 6.96. The van der Waals surface area contributed by atoms with E-state index in [0.717, 1.165) is 30.4 Å². The summed E-state index contributed by atoms with van der Waals surface area (Å²) in [5.41, 5.74) is 2.80. The molecule has 1 aliphatic carbocycles. The number of hydrogen-bond donors (Lipinski definition) is 2. The maximum atomic E-state index is 13.9. The summed E-state index contributed by atoms with van der Waals surface area (Å²) in [4.78, 5) is 19.6. The van der Waals surface area contributed by atoms with E-state index in [1.54, 1.807) is 0 Å². The number of rotatable bonds is 8. The first-order valence-electron chi connectivity index (χ1n) is 12.7. The van der Waals surface area contributed by atoms with Crippen LogP contribution < -0.4 is 0 Å². The molecule has 10 heteroatoms. The fraction of sp³-hybridized carbons (Fsp3) is 0.241. The first kappa shape index (κ1) is 27.4. The third kappa shape index (κ3) is 6.04. The SMILES string of the molecule is O=C(O)c1[nH]c(CN(C2CCCCC2)S(=O)(=O)c2cc(Cl)cc(Cl)c2)nc1-c1ccc(-c2ccccc2)cc1. The highest BCUT2D eigenvalue weighted by Crippen LogP contribution is 2.33. The molecule has 4 aromatic rings. The zero-order valence-electron chi connectivity index (χ0n) is 21.0. The summed E-state index contributed by atoms with van der Waals surface area (Å²) in [6, 6.07) is 21.3. The fourth-order valence-electron chi connectivity index (χ4n) is 5.05. The van der Waals surface area contributed by atoms with E-state index in [1.165, 1.54) is 22.5 Å². The molecule has 0 saturated heterocycles. The van der Waals surface area contributed by atoms with Crippen molar-refractivity contribution in [1.29, 1.82) is 0 Å². The molecule has 1 heterocycles. The molecule has 5 rings (SSSR count). The van der Waals surface area contributed by atoms with Crippen molar-refractivity contribution in [2.75, 3.05) is 0 Å². The van der Waals surface area contributed by atoms with E-state index in [9.17, 15) is 18.3 Å². The molecule has 0 bridgehead atoms. The van der Waals surface area contributed by atoms with Crippen LogP contribution in [0.1, 0.15) is 48.4 Å². The van der Waals surface area contributed by atoms with Gasteiger partial charge in [0.1, 0.15) is 11.5 Å². The molecule has 2 N–H and O–H groups in total. The topological polar surface area (TPSA) is 103 Å². The number of carboxylic acids is 1. The van der Waals surface area contributed by atoms with Crippen LogP contribution in [0.25, 0.3) is 22.4 Å². The Labute approximate surface area is 237 Å². The lowest BCUT2D eigenvalue weighted by atomic mass is 9.95. The molecule has 39 heavy (non-hydrogen) atoms. The predicted molar refractivity (Wildman–Crippen MR) is 152 cm³/mol. The van der Waals surface area contributed by atoms with Gasteiger partial charge in [-0.05, 0) is 42.2 Å². The molecule has 0 radical (unpaired) electrons. The number of carboxylic acid groups (broad SMARTS) is 1. The molecule has 1 aliphatic rings. The van der Waals surface area contributed by atoms with Crippen LogP contribution in [-0.2, 0) is 16.6 Å². The van der Waals surface area contributed by atoms with Gasteiger partial charge in [-0.1, -0.05) is 97.1 Å². The van der Waals surface area contributed by atoms with Crippen LogP contribution in [0.4, 0.5) is 0 Å². The van der Waals surface area contributed by atoms with Gasteiger partial charge in [0.25, 0.3) is 0 Å². The van der Waals surface area contributed by atoms with Gasteiger partial charge in [0, 0.05) is 21.7 Å². The van der Waals surface area contributed by atoms with E-state index in [2.05, 4.69) is 9.97 Å². The van der Waals surface area contributed by atoms with Crippen molar-refractivity contribution in [2.45, 2.75) is 49.6 Å². The molecular formula is C29H27Cl2N3O4S. The normalized spacial score (nSPS) is 14.5. The monoisotopic (exact) mass is 583 g/mol. The number of aromatic nitrogens is 2. The Hall–Kier alpha value is -3.17. The van der Waals surface area contributed by atoms with Gasteiger partial charge in [0.15, 0.2) is 5.69 Å². The van der Waals surface area contributed by atoms with E-state index in [0.29, 0.717) is 18.4 Å². The number of benzene rings is 3. The average molecular weight is 585 g/mol. The fourth-order valence-corrected chi connectivity index (χ4v) is 7.43. The standard InChI is InChI=1S/C29H27Cl2N3O4S/c30-22-15-23(31)17-25(16-22)39(37,38)34(24-9-5-2-6-10-24)18-26-32-27(28(33-26)29(35)36)21-13-11-20(12-14-21)19-7-3-1-4-8-19/h1,3-4,7-8,11-17,24H,2,5-6,9-10,18H2,(H,32,33)(H,35,36). The van der Waals surface area contributed by atoms with Crippen molar-refractivity contribution in [1.82, 2.24) is 14.3 Å². The van der Waals surface area contributed by atoms with Crippen molar-refractivity contribution in [2.24, 2.45) is 0 Å². The summed E-state index contributed by atoms with van der Waals surface area (Å²) in [7, 11) is -4.01. The Balaban J connectivity index is 1.51. The number of aromatic carboxylic acids is 1. The molecule has 0 amide bonds. The Morgan fingerprint density at radius 3 is 2.10 bits per heavy atom. The van der Waals surface area contributed by atoms with Gasteiger partial charge in [0.2, 0.25) is 10.0 Å². The largest absolute Gasteiger partial charge is 0.477 e. The lowest BCUT2D eigenvalue weighted by Gasteiger charge is -2.33. The van der Waals surface area contributed by atoms with Crippen molar-refractivity contribution in [3.05, 3.63) is 94.4 Å². The van der Waals surface area contributed by atoms with Crippen molar-refractivity contribution in [3.8, 4) is 22.4 Å². The van der Waals surface area contributed by atoms with Crippen LogP contribution in [0, 0.1) is 0 Å². The highest BCUT2D eigenvalue weighted by molar-refractivity contribution is 7.89. The van der Waals surface area contributed by atoms with E-state index in [1.807, 2.05) is 54.6 Å². The summed E-state index contributed by atoms with van der Waals surface area (Å²) in [5.74, 6) is -0.929. The molecule has 0 aliphatic heterocycles. The molecule has 1 saturated carbocycles. The van der Waals surface area contributed by atoms with Crippen molar-refractivity contribution < 1.29 is 18.3 Å². The van der Waals surface area contributed by atoms with E-state index in [-0.39, 0.29) is 44.7 Å². The molecular weight excluding hydrogens is 557 g/mol. The number of sulfonamides is 1. The van der Waals surface area contributed by atoms with Gasteiger partial charge in [-0.2, -0.15) is 4.31 Å². The number of halogens is 2. The van der Waals surface area contributed by atoms with Gasteiger partial charge in [-0.25, -0.2) is 18.2 Å². The van der Waals surface area contributed by atoms with E-state index in [4.69, 9.17) is 23.2 Å². The Bertz CT molecular complexity index is 1560. The molecule has 1 aromatic heterocycles. The zero-order chi connectivity index (χ0) is 27.6. The van der Waals surface area contributed by atoms with Crippen molar-refractivity contribution in [3.63, 3.8) is 0 Å². The van der Waals surface area contributed by atoms with Gasteiger partial charge in [-0.3, -0.25) is 0 Å². The molecule has 0 atom stereocenters. The van der Waals surface area contributed by atoms with Gasteiger partial charge in [-0.15, -0.1) is 0 Å². The summed E-state index contributed by atoms with van der Waals surface area (Å²) in [6.07, 6.45) is 4.26. The zero-order valence-corrected chi connectivity index (χ0v) is 23.3. The highest BCUT2D eigenvalue weighted by Gasteiger charge is 2.34. The number of carbonyl (C=O) groups is 1. The summed E-state index contributed by atoms with van der Waals surface area (Å²) >= 11 is 12.3. The highest BCUT2D eigenvalue weighted by atomic mass is 35.5. The third-order valence-corrected chi connectivity index (χ3v) is 9.27. The quantitative estimate of drug-likeness (QED) is 0.227. The van der Waals surface area contributed by atoms with Crippen molar-refractivity contribution >= 4 is 39.2 Å². The number of hydrogen-bond acceptors (Lipinski definition) is 4.